The van der Waals surface area contributed by atoms with Crippen molar-refractivity contribution in [1.29, 1.82) is 0 Å². The maximum Gasteiger partial charge on any atom is 0.0198 e. The molecular weight excluding hydrogens is 184 g/mol. The topological polar surface area (TPSA) is 15.3 Å². The molecule has 0 aromatic rings. The third-order valence-corrected chi connectivity index (χ3v) is 2.91. The number of hydrogen-bond donors (Lipinski definition) is 1. The molecule has 1 unspecified atom stereocenters. The monoisotopic (exact) mass is 210 g/mol. The first kappa shape index (κ1) is 12.7. The van der Waals surface area contributed by atoms with Crippen LogP contribution in [0.1, 0.15) is 33.6 Å². The van der Waals surface area contributed by atoms with Gasteiger partial charge in [-0.1, -0.05) is 19.9 Å². The summed E-state index contributed by atoms with van der Waals surface area (Å²) in [6, 6.07) is 1.47. The predicted molar refractivity (Wildman–Crippen MR) is 67.1 cm³/mol. The van der Waals surface area contributed by atoms with Gasteiger partial charge in [-0.15, -0.1) is 6.58 Å². The van der Waals surface area contributed by atoms with Gasteiger partial charge in [0, 0.05) is 25.2 Å². The number of nitrogens with one attached hydrogen (secondary N) is 1. The highest BCUT2D eigenvalue weighted by Gasteiger charge is 2.30. The van der Waals surface area contributed by atoms with Gasteiger partial charge in [0.1, 0.15) is 0 Å². The van der Waals surface area contributed by atoms with Crippen LogP contribution in [0, 0.1) is 5.92 Å². The minimum Gasteiger partial charge on any atom is -0.315 e. The summed E-state index contributed by atoms with van der Waals surface area (Å²) in [5.74, 6) is 0.742. The number of rotatable bonds is 8. The van der Waals surface area contributed by atoms with E-state index in [1.807, 2.05) is 6.08 Å². The first-order valence-electron chi connectivity index (χ1n) is 6.22. The summed E-state index contributed by atoms with van der Waals surface area (Å²) < 4.78 is 0. The van der Waals surface area contributed by atoms with Crippen LogP contribution in [-0.2, 0) is 0 Å². The van der Waals surface area contributed by atoms with Crippen molar-refractivity contribution in [3.8, 4) is 0 Å². The Morgan fingerprint density at radius 2 is 2.00 bits per heavy atom. The molecule has 0 spiro atoms. The highest BCUT2D eigenvalue weighted by atomic mass is 15.2. The minimum atomic E-state index is 0.634. The molecule has 0 bridgehead atoms. The Morgan fingerprint density at radius 3 is 2.47 bits per heavy atom. The van der Waals surface area contributed by atoms with Crippen LogP contribution in [0.4, 0.5) is 0 Å². The minimum absolute atomic E-state index is 0.634. The van der Waals surface area contributed by atoms with Crippen molar-refractivity contribution < 1.29 is 0 Å². The lowest BCUT2D eigenvalue weighted by molar-refractivity contribution is 0.214. The molecule has 1 N–H and O–H groups in total. The summed E-state index contributed by atoms with van der Waals surface area (Å²) in [5.41, 5.74) is 0. The van der Waals surface area contributed by atoms with Crippen LogP contribution in [0.5, 0.6) is 0 Å². The lowest BCUT2D eigenvalue weighted by Crippen LogP contribution is -2.42. The predicted octanol–water partition coefficient (Wildman–Crippen LogP) is 2.27. The Morgan fingerprint density at radius 1 is 1.33 bits per heavy atom. The Labute approximate surface area is 94.7 Å². The Balaban J connectivity index is 2.22. The maximum atomic E-state index is 3.84. The third kappa shape index (κ3) is 4.80. The van der Waals surface area contributed by atoms with Gasteiger partial charge >= 0.3 is 0 Å². The molecule has 1 aliphatic rings. The Kier molecular flexibility index (Phi) is 5.34. The fourth-order valence-corrected chi connectivity index (χ4v) is 1.94. The van der Waals surface area contributed by atoms with E-state index >= 15 is 0 Å². The molecule has 15 heavy (non-hydrogen) atoms. The highest BCUT2D eigenvalue weighted by Crippen LogP contribution is 2.28. The van der Waals surface area contributed by atoms with E-state index in [9.17, 15) is 0 Å². The number of hydrogen-bond acceptors (Lipinski definition) is 2. The van der Waals surface area contributed by atoms with Gasteiger partial charge < -0.3 is 5.32 Å². The smallest absolute Gasteiger partial charge is 0.0198 e. The Bertz CT molecular complexity index is 185. The van der Waals surface area contributed by atoms with Crippen molar-refractivity contribution in [2.24, 2.45) is 5.92 Å². The summed E-state index contributed by atoms with van der Waals surface area (Å²) in [6.07, 6.45) is 4.78. The van der Waals surface area contributed by atoms with Gasteiger partial charge in [0.25, 0.3) is 0 Å². The van der Waals surface area contributed by atoms with E-state index in [1.54, 1.807) is 0 Å². The van der Waals surface area contributed by atoms with Crippen molar-refractivity contribution in [3.05, 3.63) is 12.7 Å². The molecule has 0 aromatic carbocycles. The molecule has 0 heterocycles. The largest absolute Gasteiger partial charge is 0.315 e. The summed E-state index contributed by atoms with van der Waals surface area (Å²) >= 11 is 0. The van der Waals surface area contributed by atoms with Crippen LogP contribution in [-0.4, -0.2) is 36.6 Å². The maximum absolute atomic E-state index is 3.84. The molecule has 0 aliphatic heterocycles. The average Bonchev–Trinajstić information content (AvgIpc) is 2.96. The van der Waals surface area contributed by atoms with Crippen molar-refractivity contribution in [2.75, 3.05) is 19.6 Å². The molecule has 0 saturated heterocycles. The second-order valence-electron chi connectivity index (χ2n) is 5.12. The van der Waals surface area contributed by atoms with Gasteiger partial charge in [-0.3, -0.25) is 4.90 Å². The lowest BCUT2D eigenvalue weighted by Gasteiger charge is -2.28. The molecule has 88 valence electrons. The molecule has 0 amide bonds. The zero-order chi connectivity index (χ0) is 11.3. The number of nitrogens with zero attached hydrogens (tertiary/aromatic N) is 1. The standard InChI is InChI=1S/C13H26N2/c1-5-8-15(13-6-7-13)12(4)10-14-9-11(2)3/h5,11-14H,1,6-10H2,2-4H3. The van der Waals surface area contributed by atoms with E-state index in [0.717, 1.165) is 31.6 Å². The van der Waals surface area contributed by atoms with Gasteiger partial charge in [0.05, 0.1) is 0 Å². The van der Waals surface area contributed by atoms with Crippen molar-refractivity contribution in [2.45, 2.75) is 45.7 Å². The molecule has 1 fully saturated rings. The van der Waals surface area contributed by atoms with E-state index in [4.69, 9.17) is 0 Å². The van der Waals surface area contributed by atoms with E-state index in [1.165, 1.54) is 12.8 Å². The Hall–Kier alpha value is -0.340. The van der Waals surface area contributed by atoms with Crippen LogP contribution in [0.25, 0.3) is 0 Å². The van der Waals surface area contributed by atoms with Crippen LogP contribution >= 0.6 is 0 Å². The van der Waals surface area contributed by atoms with Gasteiger partial charge in [-0.25, -0.2) is 0 Å². The summed E-state index contributed by atoms with van der Waals surface area (Å²) in [4.78, 5) is 2.57. The van der Waals surface area contributed by atoms with Crippen molar-refractivity contribution in [1.82, 2.24) is 10.2 Å². The second-order valence-corrected chi connectivity index (χ2v) is 5.12. The van der Waals surface area contributed by atoms with E-state index in [2.05, 4.69) is 37.6 Å². The summed E-state index contributed by atoms with van der Waals surface area (Å²) in [6.45, 7) is 13.9. The highest BCUT2D eigenvalue weighted by molar-refractivity contribution is 4.91. The van der Waals surface area contributed by atoms with Crippen molar-refractivity contribution >= 4 is 0 Å². The van der Waals surface area contributed by atoms with Gasteiger partial charge in [0.2, 0.25) is 0 Å². The fraction of sp³-hybridized carbons (Fsp3) is 0.846. The zero-order valence-corrected chi connectivity index (χ0v) is 10.5. The molecule has 0 radical (unpaired) electrons. The van der Waals surface area contributed by atoms with Gasteiger partial charge in [-0.05, 0) is 32.2 Å². The molecule has 0 aromatic heterocycles. The van der Waals surface area contributed by atoms with Gasteiger partial charge in [0.15, 0.2) is 0 Å². The normalized spacial score (nSPS) is 18.5. The first-order chi connectivity index (χ1) is 7.15. The molecule has 1 rings (SSSR count). The summed E-state index contributed by atoms with van der Waals surface area (Å²) in [5, 5.41) is 3.53. The van der Waals surface area contributed by atoms with E-state index in [0.29, 0.717) is 6.04 Å². The van der Waals surface area contributed by atoms with Crippen molar-refractivity contribution in [3.63, 3.8) is 0 Å². The molecular formula is C13H26N2. The third-order valence-electron chi connectivity index (χ3n) is 2.91. The SMILES string of the molecule is C=CCN(C(C)CNCC(C)C)C1CC1. The molecule has 2 heteroatoms. The molecule has 1 saturated carbocycles. The first-order valence-corrected chi connectivity index (χ1v) is 6.22. The average molecular weight is 210 g/mol. The van der Waals surface area contributed by atoms with Crippen LogP contribution < -0.4 is 5.32 Å². The molecule has 2 nitrogen and oxygen atoms in total. The fourth-order valence-electron chi connectivity index (χ4n) is 1.94. The quantitative estimate of drug-likeness (QED) is 0.618. The second kappa shape index (κ2) is 6.29. The molecule has 1 aliphatic carbocycles. The van der Waals surface area contributed by atoms with E-state index < -0.39 is 0 Å². The van der Waals surface area contributed by atoms with E-state index in [-0.39, 0.29) is 0 Å². The van der Waals surface area contributed by atoms with Crippen LogP contribution in [0.15, 0.2) is 12.7 Å². The summed E-state index contributed by atoms with van der Waals surface area (Å²) in [7, 11) is 0. The van der Waals surface area contributed by atoms with Crippen LogP contribution in [0.3, 0.4) is 0 Å². The molecule has 1 atom stereocenters. The van der Waals surface area contributed by atoms with Crippen LogP contribution in [0.2, 0.25) is 0 Å². The zero-order valence-electron chi connectivity index (χ0n) is 10.5. The van der Waals surface area contributed by atoms with Gasteiger partial charge in [-0.2, -0.15) is 0 Å². The lowest BCUT2D eigenvalue weighted by atomic mass is 10.2.